The van der Waals surface area contributed by atoms with Crippen LogP contribution in [0.4, 0.5) is 5.69 Å². The van der Waals surface area contributed by atoms with Crippen LogP contribution in [-0.4, -0.2) is 29.8 Å². The van der Waals surface area contributed by atoms with Gasteiger partial charge in [0.15, 0.2) is 5.11 Å². The number of anilines is 1. The van der Waals surface area contributed by atoms with E-state index in [9.17, 15) is 4.79 Å². The van der Waals surface area contributed by atoms with Crippen molar-refractivity contribution >= 4 is 40.6 Å². The van der Waals surface area contributed by atoms with Gasteiger partial charge in [0.25, 0.3) is 0 Å². The summed E-state index contributed by atoms with van der Waals surface area (Å²) in [4.78, 5) is 12.8. The molecule has 1 aromatic carbocycles. The maximum Gasteiger partial charge on any atom is 0.310 e. The second-order valence-corrected chi connectivity index (χ2v) is 5.71. The molecule has 6 heteroatoms. The number of benzene rings is 1. The molecule has 0 bridgehead atoms. The van der Waals surface area contributed by atoms with Crippen molar-refractivity contribution in [1.82, 2.24) is 5.32 Å². The number of carboxylic acids is 1. The molecule has 2 N–H and O–H groups in total. The molecule has 1 aromatic rings. The van der Waals surface area contributed by atoms with Crippen molar-refractivity contribution in [2.75, 3.05) is 18.5 Å². The molecular formula is C13H17ClN2O2S. The minimum absolute atomic E-state index is 0.263. The first-order chi connectivity index (χ1) is 8.74. The Morgan fingerprint density at radius 1 is 1.42 bits per heavy atom. The minimum atomic E-state index is -0.870. The number of hydrogen-bond acceptors (Lipinski definition) is 2. The standard InChI is InChI=1S/C13H17ClN2O2S/c1-13(2,11(17)18)8-15-12(19)16(3)10-6-4-9(14)5-7-10/h4-7H,8H2,1-3H3,(H,15,19)(H,17,18). The van der Waals surface area contributed by atoms with E-state index in [1.807, 2.05) is 19.2 Å². The van der Waals surface area contributed by atoms with Crippen LogP contribution in [0.5, 0.6) is 0 Å². The lowest BCUT2D eigenvalue weighted by atomic mass is 9.94. The maximum atomic E-state index is 11.0. The second-order valence-electron chi connectivity index (χ2n) is 4.88. The molecule has 0 saturated carbocycles. The molecule has 1 rings (SSSR count). The molecule has 0 saturated heterocycles. The van der Waals surface area contributed by atoms with Crippen LogP contribution in [0.15, 0.2) is 24.3 Å². The van der Waals surface area contributed by atoms with Crippen molar-refractivity contribution in [3.05, 3.63) is 29.3 Å². The summed E-state index contributed by atoms with van der Waals surface area (Å²) >= 11 is 11.1. The number of aliphatic carboxylic acids is 1. The molecule has 0 aliphatic heterocycles. The number of carbonyl (C=O) groups is 1. The topological polar surface area (TPSA) is 52.6 Å². The van der Waals surface area contributed by atoms with Gasteiger partial charge in [0, 0.05) is 24.3 Å². The van der Waals surface area contributed by atoms with Gasteiger partial charge >= 0.3 is 5.97 Å². The summed E-state index contributed by atoms with van der Waals surface area (Å²) in [5.41, 5.74) is 0.0141. The molecule has 0 aliphatic rings. The smallest absolute Gasteiger partial charge is 0.310 e. The van der Waals surface area contributed by atoms with Crippen LogP contribution < -0.4 is 10.2 Å². The van der Waals surface area contributed by atoms with Gasteiger partial charge in [-0.2, -0.15) is 0 Å². The summed E-state index contributed by atoms with van der Waals surface area (Å²) in [5.74, 6) is -0.864. The third-order valence-electron chi connectivity index (χ3n) is 2.78. The second kappa shape index (κ2) is 6.21. The normalized spacial score (nSPS) is 10.9. The SMILES string of the molecule is CN(C(=S)NCC(C)(C)C(=O)O)c1ccc(Cl)cc1. The molecule has 4 nitrogen and oxygen atoms in total. The molecule has 0 radical (unpaired) electrons. The Labute approximate surface area is 123 Å². The van der Waals surface area contributed by atoms with E-state index in [1.165, 1.54) is 0 Å². The molecule has 0 fully saturated rings. The predicted octanol–water partition coefficient (Wildman–Crippen LogP) is 2.76. The Bertz CT molecular complexity index is 474. The van der Waals surface area contributed by atoms with E-state index in [0.717, 1.165) is 5.69 Å². The van der Waals surface area contributed by atoms with Crippen molar-refractivity contribution in [3.8, 4) is 0 Å². The highest BCUT2D eigenvalue weighted by Gasteiger charge is 2.27. The van der Waals surface area contributed by atoms with Crippen LogP contribution in [0.25, 0.3) is 0 Å². The Hall–Kier alpha value is -1.33. The van der Waals surface area contributed by atoms with Gasteiger partial charge in [-0.25, -0.2) is 0 Å². The van der Waals surface area contributed by atoms with Gasteiger partial charge in [0.2, 0.25) is 0 Å². The molecule has 104 valence electrons. The summed E-state index contributed by atoms with van der Waals surface area (Å²) in [6.07, 6.45) is 0. The maximum absolute atomic E-state index is 11.0. The molecule has 0 spiro atoms. The van der Waals surface area contributed by atoms with Crippen molar-refractivity contribution < 1.29 is 9.90 Å². The lowest BCUT2D eigenvalue weighted by molar-refractivity contribution is -0.146. The summed E-state index contributed by atoms with van der Waals surface area (Å²) in [6.45, 7) is 3.56. The predicted molar refractivity (Wildman–Crippen MR) is 81.9 cm³/mol. The number of carboxylic acid groups (broad SMARTS) is 1. The van der Waals surface area contributed by atoms with E-state index >= 15 is 0 Å². The Morgan fingerprint density at radius 3 is 2.42 bits per heavy atom. The largest absolute Gasteiger partial charge is 0.481 e. The number of rotatable bonds is 4. The molecular weight excluding hydrogens is 284 g/mol. The first-order valence-electron chi connectivity index (χ1n) is 5.74. The summed E-state index contributed by atoms with van der Waals surface area (Å²) in [5, 5.41) is 13.1. The zero-order valence-corrected chi connectivity index (χ0v) is 12.7. The van der Waals surface area contributed by atoms with Crippen LogP contribution in [0, 0.1) is 5.41 Å². The highest BCUT2D eigenvalue weighted by molar-refractivity contribution is 7.80. The Kier molecular flexibility index (Phi) is 5.14. The minimum Gasteiger partial charge on any atom is -0.481 e. The van der Waals surface area contributed by atoms with Crippen LogP contribution in [0.1, 0.15) is 13.8 Å². The number of nitrogens with zero attached hydrogens (tertiary/aromatic N) is 1. The van der Waals surface area contributed by atoms with Crippen molar-refractivity contribution in [2.24, 2.45) is 5.41 Å². The zero-order chi connectivity index (χ0) is 14.6. The van der Waals surface area contributed by atoms with Gasteiger partial charge in [-0.1, -0.05) is 11.6 Å². The average molecular weight is 301 g/mol. The summed E-state index contributed by atoms with van der Waals surface area (Å²) < 4.78 is 0. The first kappa shape index (κ1) is 15.7. The molecule has 0 atom stereocenters. The Balaban J connectivity index is 2.63. The fourth-order valence-corrected chi connectivity index (χ4v) is 1.58. The van der Waals surface area contributed by atoms with Gasteiger partial charge in [0.05, 0.1) is 5.41 Å². The van der Waals surface area contributed by atoms with Crippen LogP contribution >= 0.6 is 23.8 Å². The zero-order valence-electron chi connectivity index (χ0n) is 11.1. The molecule has 0 aromatic heterocycles. The van der Waals surface area contributed by atoms with E-state index in [4.69, 9.17) is 28.9 Å². The highest BCUT2D eigenvalue weighted by atomic mass is 35.5. The van der Waals surface area contributed by atoms with Crippen molar-refractivity contribution in [3.63, 3.8) is 0 Å². The van der Waals surface area contributed by atoms with Gasteiger partial charge in [0.1, 0.15) is 0 Å². The van der Waals surface area contributed by atoms with Crippen LogP contribution in [0.2, 0.25) is 5.02 Å². The summed E-state index contributed by atoms with van der Waals surface area (Å²) in [7, 11) is 1.81. The third kappa shape index (κ3) is 4.36. The van der Waals surface area contributed by atoms with Gasteiger partial charge in [-0.15, -0.1) is 0 Å². The van der Waals surface area contributed by atoms with Gasteiger partial charge < -0.3 is 15.3 Å². The molecule has 0 aliphatic carbocycles. The molecule has 19 heavy (non-hydrogen) atoms. The Morgan fingerprint density at radius 2 is 1.95 bits per heavy atom. The highest BCUT2D eigenvalue weighted by Crippen LogP contribution is 2.18. The average Bonchev–Trinajstić information content (AvgIpc) is 2.36. The van der Waals surface area contributed by atoms with E-state index in [0.29, 0.717) is 10.1 Å². The van der Waals surface area contributed by atoms with E-state index in [2.05, 4.69) is 5.32 Å². The fraction of sp³-hybridized carbons (Fsp3) is 0.385. The van der Waals surface area contributed by atoms with Crippen LogP contribution in [-0.2, 0) is 4.79 Å². The third-order valence-corrected chi connectivity index (χ3v) is 3.45. The van der Waals surface area contributed by atoms with Crippen molar-refractivity contribution in [1.29, 1.82) is 0 Å². The number of nitrogens with one attached hydrogen (secondary N) is 1. The summed E-state index contributed by atoms with van der Waals surface area (Å²) in [6, 6.07) is 7.24. The lowest BCUT2D eigenvalue weighted by Gasteiger charge is -2.25. The van der Waals surface area contributed by atoms with Crippen LogP contribution in [0.3, 0.4) is 0 Å². The monoisotopic (exact) mass is 300 g/mol. The van der Waals surface area contributed by atoms with Crippen molar-refractivity contribution in [2.45, 2.75) is 13.8 Å². The molecule has 0 unspecified atom stereocenters. The fourth-order valence-electron chi connectivity index (χ4n) is 1.27. The van der Waals surface area contributed by atoms with Gasteiger partial charge in [-0.05, 0) is 50.3 Å². The van der Waals surface area contributed by atoms with Gasteiger partial charge in [-0.3, -0.25) is 4.79 Å². The number of thiocarbonyl (C=S) groups is 1. The van der Waals surface area contributed by atoms with E-state index < -0.39 is 11.4 Å². The quantitative estimate of drug-likeness (QED) is 0.838. The first-order valence-corrected chi connectivity index (χ1v) is 6.53. The van der Waals surface area contributed by atoms with E-state index in [1.54, 1.807) is 30.9 Å². The van der Waals surface area contributed by atoms with E-state index in [-0.39, 0.29) is 6.54 Å². The lowest BCUT2D eigenvalue weighted by Crippen LogP contribution is -2.44. The molecule has 0 amide bonds. The number of halogens is 1. The number of hydrogen-bond donors (Lipinski definition) is 2. The molecule has 0 heterocycles.